The Morgan fingerprint density at radius 3 is 2.78 bits per heavy atom. The van der Waals surface area contributed by atoms with Gasteiger partial charge in [0.15, 0.2) is 0 Å². The summed E-state index contributed by atoms with van der Waals surface area (Å²) in [5.74, 6) is 2.32. The van der Waals surface area contributed by atoms with Gasteiger partial charge in [0.05, 0.1) is 0 Å². The van der Waals surface area contributed by atoms with Crippen molar-refractivity contribution in [3.05, 3.63) is 11.1 Å². The van der Waals surface area contributed by atoms with Crippen LogP contribution in [-0.4, -0.2) is 11.5 Å². The van der Waals surface area contributed by atoms with Crippen molar-refractivity contribution in [1.29, 1.82) is 0 Å². The van der Waals surface area contributed by atoms with E-state index in [4.69, 9.17) is 11.6 Å². The average Bonchev–Trinajstić information content (AvgIpc) is 1.89. The summed E-state index contributed by atoms with van der Waals surface area (Å²) in [6, 6.07) is 0. The highest BCUT2D eigenvalue weighted by atomic mass is 35.5. The van der Waals surface area contributed by atoms with Gasteiger partial charge in [0.25, 0.3) is 0 Å². The van der Waals surface area contributed by atoms with Crippen molar-refractivity contribution in [2.75, 3.05) is 11.5 Å². The van der Waals surface area contributed by atoms with E-state index in [9.17, 15) is 0 Å². The van der Waals surface area contributed by atoms with Crippen LogP contribution in [0.15, 0.2) is 11.1 Å². The van der Waals surface area contributed by atoms with Crippen LogP contribution < -0.4 is 0 Å². The minimum atomic E-state index is 1.08. The molecule has 0 atom stereocenters. The number of hydrogen-bond donors (Lipinski definition) is 0. The first-order chi connectivity index (χ1) is 4.31. The second-order valence-corrected chi connectivity index (χ2v) is 3.33. The van der Waals surface area contributed by atoms with Gasteiger partial charge in [-0.2, -0.15) is 11.8 Å². The molecule has 9 heavy (non-hydrogen) atoms. The molecule has 0 aliphatic carbocycles. The number of hydrogen-bond acceptors (Lipinski definition) is 1. The van der Waals surface area contributed by atoms with Crippen molar-refractivity contribution in [2.45, 2.75) is 20.3 Å². The molecule has 0 heterocycles. The van der Waals surface area contributed by atoms with Gasteiger partial charge in [-0.05, 0) is 19.1 Å². The third kappa shape index (κ3) is 6.26. The van der Waals surface area contributed by atoms with Crippen LogP contribution >= 0.6 is 23.4 Å². The Morgan fingerprint density at radius 1 is 1.67 bits per heavy atom. The summed E-state index contributed by atoms with van der Waals surface area (Å²) in [6.07, 6.45) is 1.25. The van der Waals surface area contributed by atoms with Crippen LogP contribution in [0.1, 0.15) is 20.3 Å². The molecule has 0 bridgehead atoms. The Labute approximate surface area is 66.7 Å². The second-order valence-electron chi connectivity index (χ2n) is 2.01. The standard InChI is InChI=1S/C7H13ClS/c1-3-4-9-6-7(2)5-8/h5H,3-4,6H2,1-2H3/b7-5-. The first-order valence-corrected chi connectivity index (χ1v) is 4.74. The van der Waals surface area contributed by atoms with E-state index in [0.29, 0.717) is 0 Å². The van der Waals surface area contributed by atoms with E-state index < -0.39 is 0 Å². The third-order valence-corrected chi connectivity index (χ3v) is 2.59. The molecule has 0 aromatic carbocycles. The fourth-order valence-electron chi connectivity index (χ4n) is 0.409. The lowest BCUT2D eigenvalue weighted by Crippen LogP contribution is -1.81. The summed E-state index contributed by atoms with van der Waals surface area (Å²) in [6.45, 7) is 4.24. The Bertz CT molecular complexity index is 88.9. The minimum Gasteiger partial charge on any atom is -0.158 e. The molecule has 0 saturated carbocycles. The summed E-state index contributed by atoms with van der Waals surface area (Å²) >= 11 is 7.39. The first-order valence-electron chi connectivity index (χ1n) is 3.14. The van der Waals surface area contributed by atoms with Crippen LogP contribution in [0.3, 0.4) is 0 Å². The maximum Gasteiger partial charge on any atom is 0.0152 e. The molecule has 0 aliphatic rings. The number of thioether (sulfide) groups is 1. The van der Waals surface area contributed by atoms with Crippen molar-refractivity contribution in [3.63, 3.8) is 0 Å². The van der Waals surface area contributed by atoms with E-state index in [-0.39, 0.29) is 0 Å². The zero-order valence-corrected chi connectivity index (χ0v) is 7.56. The summed E-state index contributed by atoms with van der Waals surface area (Å²) in [5.41, 5.74) is 2.91. The highest BCUT2D eigenvalue weighted by molar-refractivity contribution is 7.99. The van der Waals surface area contributed by atoms with Gasteiger partial charge in [0.2, 0.25) is 0 Å². The quantitative estimate of drug-likeness (QED) is 0.575. The molecule has 0 spiro atoms. The zero-order valence-electron chi connectivity index (χ0n) is 5.98. The lowest BCUT2D eigenvalue weighted by atomic mass is 10.4. The minimum absolute atomic E-state index is 1.08. The molecule has 0 aliphatic heterocycles. The molecular weight excluding hydrogens is 152 g/mol. The van der Waals surface area contributed by atoms with Gasteiger partial charge < -0.3 is 0 Å². The molecule has 0 fully saturated rings. The first kappa shape index (κ1) is 9.38. The van der Waals surface area contributed by atoms with E-state index in [1.807, 2.05) is 11.8 Å². The van der Waals surface area contributed by atoms with Gasteiger partial charge in [-0.3, -0.25) is 0 Å². The van der Waals surface area contributed by atoms with Gasteiger partial charge >= 0.3 is 0 Å². The topological polar surface area (TPSA) is 0 Å². The molecule has 0 rings (SSSR count). The highest BCUT2D eigenvalue weighted by Gasteiger charge is 1.87. The maximum atomic E-state index is 5.46. The van der Waals surface area contributed by atoms with Gasteiger partial charge in [0, 0.05) is 11.3 Å². The summed E-state index contributed by atoms with van der Waals surface area (Å²) < 4.78 is 0. The van der Waals surface area contributed by atoms with E-state index >= 15 is 0 Å². The molecule has 0 unspecified atom stereocenters. The molecule has 0 amide bonds. The average molecular weight is 165 g/mol. The molecule has 0 aromatic rings. The molecule has 0 N–H and O–H groups in total. The number of halogens is 1. The Morgan fingerprint density at radius 2 is 2.33 bits per heavy atom. The lowest BCUT2D eigenvalue weighted by molar-refractivity contribution is 1.11. The summed E-state index contributed by atoms with van der Waals surface area (Å²) in [5, 5.41) is 0. The maximum absolute atomic E-state index is 5.46. The van der Waals surface area contributed by atoms with Gasteiger partial charge in [-0.25, -0.2) is 0 Å². The molecule has 0 nitrogen and oxygen atoms in total. The highest BCUT2D eigenvalue weighted by Crippen LogP contribution is 2.08. The van der Waals surface area contributed by atoms with Crippen LogP contribution in [0.4, 0.5) is 0 Å². The van der Waals surface area contributed by atoms with Crippen LogP contribution in [0.2, 0.25) is 0 Å². The van der Waals surface area contributed by atoms with E-state index in [2.05, 4.69) is 13.8 Å². The predicted octanol–water partition coefficient (Wildman–Crippen LogP) is 3.27. The Balaban J connectivity index is 3.07. The molecule has 0 radical (unpaired) electrons. The fourth-order valence-corrected chi connectivity index (χ4v) is 1.42. The van der Waals surface area contributed by atoms with Crippen LogP contribution in [0.25, 0.3) is 0 Å². The van der Waals surface area contributed by atoms with Gasteiger partial charge in [-0.15, -0.1) is 0 Å². The molecule has 0 saturated heterocycles. The van der Waals surface area contributed by atoms with Crippen molar-refractivity contribution < 1.29 is 0 Å². The third-order valence-electron chi connectivity index (χ3n) is 0.864. The van der Waals surface area contributed by atoms with Crippen molar-refractivity contribution in [2.24, 2.45) is 0 Å². The van der Waals surface area contributed by atoms with Crippen molar-refractivity contribution >= 4 is 23.4 Å². The molecule has 54 valence electrons. The second kappa shape index (κ2) is 6.50. The lowest BCUT2D eigenvalue weighted by Gasteiger charge is -1.96. The van der Waals surface area contributed by atoms with Gasteiger partial charge in [-0.1, -0.05) is 24.1 Å². The Kier molecular flexibility index (Phi) is 6.77. The fraction of sp³-hybridized carbons (Fsp3) is 0.714. The molecule has 0 aromatic heterocycles. The smallest absolute Gasteiger partial charge is 0.0152 e. The molecule has 2 heteroatoms. The zero-order chi connectivity index (χ0) is 7.11. The van der Waals surface area contributed by atoms with E-state index in [0.717, 1.165) is 5.75 Å². The van der Waals surface area contributed by atoms with Crippen molar-refractivity contribution in [3.8, 4) is 0 Å². The van der Waals surface area contributed by atoms with E-state index in [1.165, 1.54) is 17.7 Å². The monoisotopic (exact) mass is 164 g/mol. The van der Waals surface area contributed by atoms with Gasteiger partial charge in [0.1, 0.15) is 0 Å². The van der Waals surface area contributed by atoms with Crippen molar-refractivity contribution in [1.82, 2.24) is 0 Å². The summed E-state index contributed by atoms with van der Waals surface area (Å²) in [4.78, 5) is 0. The molecular formula is C7H13ClS. The Hall–Kier alpha value is 0.380. The van der Waals surface area contributed by atoms with E-state index in [1.54, 1.807) is 5.54 Å². The van der Waals surface area contributed by atoms with Crippen LogP contribution in [-0.2, 0) is 0 Å². The van der Waals surface area contributed by atoms with Crippen LogP contribution in [0, 0.1) is 0 Å². The SMILES string of the molecule is CCCSC/C(C)=C\Cl. The number of rotatable bonds is 4. The van der Waals surface area contributed by atoms with Crippen LogP contribution in [0.5, 0.6) is 0 Å². The normalized spacial score (nSPS) is 12.1. The summed E-state index contributed by atoms with van der Waals surface area (Å²) in [7, 11) is 0. The predicted molar refractivity (Wildman–Crippen MR) is 47.2 cm³/mol. The largest absolute Gasteiger partial charge is 0.158 e.